The van der Waals surface area contributed by atoms with Crippen LogP contribution in [-0.4, -0.2) is 34.5 Å². The number of hydrogen-bond acceptors (Lipinski definition) is 6. The lowest BCUT2D eigenvalue weighted by Gasteiger charge is -2.14. The van der Waals surface area contributed by atoms with Crippen molar-refractivity contribution >= 4 is 34.8 Å². The SMILES string of the molecule is COc1cccc(/C=N\NC(=O)CSc2nc3ccccc3c(=O)n2-c2ccccc2C)c1. The fourth-order valence-electron chi connectivity index (χ4n) is 3.30. The Labute approximate surface area is 195 Å². The number of ether oxygens (including phenoxy) is 1. The number of nitrogens with zero attached hydrogens (tertiary/aromatic N) is 3. The second-order valence-corrected chi connectivity index (χ2v) is 8.14. The first kappa shape index (κ1) is 22.3. The summed E-state index contributed by atoms with van der Waals surface area (Å²) in [6, 6.07) is 22.1. The van der Waals surface area contributed by atoms with Crippen molar-refractivity contribution in [2.45, 2.75) is 12.1 Å². The largest absolute Gasteiger partial charge is 0.497 e. The molecule has 0 fully saturated rings. The van der Waals surface area contributed by atoms with Crippen LogP contribution in [0.5, 0.6) is 5.75 Å². The van der Waals surface area contributed by atoms with Gasteiger partial charge in [0, 0.05) is 0 Å². The molecule has 0 radical (unpaired) electrons. The maximum atomic E-state index is 13.3. The van der Waals surface area contributed by atoms with Crippen LogP contribution in [0.15, 0.2) is 87.8 Å². The van der Waals surface area contributed by atoms with Crippen LogP contribution in [0.1, 0.15) is 11.1 Å². The Morgan fingerprint density at radius 1 is 1.12 bits per heavy atom. The van der Waals surface area contributed by atoms with Gasteiger partial charge in [0.1, 0.15) is 5.75 Å². The molecule has 0 spiro atoms. The van der Waals surface area contributed by atoms with Crippen LogP contribution in [-0.2, 0) is 4.79 Å². The summed E-state index contributed by atoms with van der Waals surface area (Å²) in [5.74, 6) is 0.446. The summed E-state index contributed by atoms with van der Waals surface area (Å²) in [5.41, 5.74) is 5.40. The average molecular weight is 459 g/mol. The zero-order valence-electron chi connectivity index (χ0n) is 18.2. The number of rotatable bonds is 7. The van der Waals surface area contributed by atoms with Crippen LogP contribution >= 0.6 is 11.8 Å². The van der Waals surface area contributed by atoms with Crippen LogP contribution in [0.3, 0.4) is 0 Å². The monoisotopic (exact) mass is 458 g/mol. The van der Waals surface area contributed by atoms with E-state index in [1.165, 1.54) is 11.8 Å². The van der Waals surface area contributed by atoms with Crippen molar-refractivity contribution in [2.75, 3.05) is 12.9 Å². The van der Waals surface area contributed by atoms with Gasteiger partial charge in [-0.15, -0.1) is 0 Å². The van der Waals surface area contributed by atoms with E-state index < -0.39 is 0 Å². The summed E-state index contributed by atoms with van der Waals surface area (Å²) in [6.45, 7) is 1.94. The topological polar surface area (TPSA) is 85.6 Å². The first-order chi connectivity index (χ1) is 16.1. The molecule has 1 N–H and O–H groups in total. The number of methoxy groups -OCH3 is 1. The van der Waals surface area contributed by atoms with Gasteiger partial charge < -0.3 is 4.74 Å². The zero-order chi connectivity index (χ0) is 23.2. The molecule has 1 heterocycles. The molecule has 33 heavy (non-hydrogen) atoms. The zero-order valence-corrected chi connectivity index (χ0v) is 19.0. The van der Waals surface area contributed by atoms with Crippen molar-refractivity contribution in [1.82, 2.24) is 15.0 Å². The van der Waals surface area contributed by atoms with Crippen molar-refractivity contribution in [1.29, 1.82) is 0 Å². The first-order valence-corrected chi connectivity index (χ1v) is 11.2. The predicted octanol–water partition coefficient (Wildman–Crippen LogP) is 3.95. The molecular weight excluding hydrogens is 436 g/mol. The third-order valence-corrected chi connectivity index (χ3v) is 5.87. The Balaban J connectivity index is 1.56. The number of benzene rings is 3. The smallest absolute Gasteiger partial charge is 0.266 e. The van der Waals surface area contributed by atoms with E-state index in [1.54, 1.807) is 30.0 Å². The van der Waals surface area contributed by atoms with Crippen molar-refractivity contribution in [3.05, 3.63) is 94.3 Å². The highest BCUT2D eigenvalue weighted by atomic mass is 32.2. The van der Waals surface area contributed by atoms with Crippen LogP contribution in [0.4, 0.5) is 0 Å². The molecule has 0 unspecified atom stereocenters. The summed E-state index contributed by atoms with van der Waals surface area (Å²) >= 11 is 1.19. The van der Waals surface area contributed by atoms with Gasteiger partial charge in [-0.3, -0.25) is 14.2 Å². The maximum absolute atomic E-state index is 13.3. The summed E-state index contributed by atoms with van der Waals surface area (Å²) < 4.78 is 6.74. The van der Waals surface area contributed by atoms with Crippen LogP contribution in [0.2, 0.25) is 0 Å². The van der Waals surface area contributed by atoms with Crippen LogP contribution in [0, 0.1) is 6.92 Å². The highest BCUT2D eigenvalue weighted by Gasteiger charge is 2.15. The number of para-hydroxylation sites is 2. The number of aryl methyl sites for hydroxylation is 1. The first-order valence-electron chi connectivity index (χ1n) is 10.2. The predicted molar refractivity (Wildman–Crippen MR) is 132 cm³/mol. The third kappa shape index (κ3) is 5.12. The molecule has 0 saturated carbocycles. The Morgan fingerprint density at radius 3 is 2.73 bits per heavy atom. The number of fused-ring (bicyclic) bond motifs is 1. The number of nitrogens with one attached hydrogen (secondary N) is 1. The number of hydrogen-bond donors (Lipinski definition) is 1. The molecule has 0 saturated heterocycles. The van der Waals surface area contributed by atoms with Gasteiger partial charge >= 0.3 is 0 Å². The van der Waals surface area contributed by atoms with Crippen molar-refractivity contribution < 1.29 is 9.53 Å². The van der Waals surface area contributed by atoms with Crippen molar-refractivity contribution in [2.24, 2.45) is 5.10 Å². The average Bonchev–Trinajstić information content (AvgIpc) is 2.84. The van der Waals surface area contributed by atoms with E-state index in [-0.39, 0.29) is 17.2 Å². The standard InChI is InChI=1S/C25H22N4O3S/c1-17-8-3-6-13-22(17)29-24(31)20-11-4-5-12-21(20)27-25(29)33-16-23(30)28-26-15-18-9-7-10-19(14-18)32-2/h3-15H,16H2,1-2H3,(H,28,30)/b26-15-. The highest BCUT2D eigenvalue weighted by Crippen LogP contribution is 2.23. The maximum Gasteiger partial charge on any atom is 0.266 e. The number of hydrazone groups is 1. The van der Waals surface area contributed by atoms with Crippen LogP contribution in [0.25, 0.3) is 16.6 Å². The lowest BCUT2D eigenvalue weighted by molar-refractivity contribution is -0.118. The number of carbonyl (C=O) groups excluding carboxylic acids is 1. The van der Waals surface area contributed by atoms with E-state index >= 15 is 0 Å². The molecule has 0 atom stereocenters. The van der Waals surface area contributed by atoms with Gasteiger partial charge in [0.2, 0.25) is 0 Å². The Morgan fingerprint density at radius 2 is 1.91 bits per heavy atom. The summed E-state index contributed by atoms with van der Waals surface area (Å²) in [6.07, 6.45) is 1.54. The molecular formula is C25H22N4O3S. The molecule has 7 nitrogen and oxygen atoms in total. The minimum absolute atomic E-state index is 0.0477. The second kappa shape index (κ2) is 10.1. The number of aromatic nitrogens is 2. The molecule has 1 aromatic heterocycles. The normalized spacial score (nSPS) is 11.1. The summed E-state index contributed by atoms with van der Waals surface area (Å²) in [4.78, 5) is 30.4. The van der Waals surface area contributed by atoms with Gasteiger partial charge in [-0.2, -0.15) is 5.10 Å². The van der Waals surface area contributed by atoms with E-state index in [1.807, 2.05) is 67.6 Å². The molecule has 1 amide bonds. The van der Waals surface area contributed by atoms with Crippen molar-refractivity contribution in [3.63, 3.8) is 0 Å². The van der Waals surface area contributed by atoms with E-state index in [9.17, 15) is 9.59 Å². The minimum atomic E-state index is -0.308. The number of amides is 1. The number of carbonyl (C=O) groups is 1. The molecule has 0 aliphatic rings. The van der Waals surface area contributed by atoms with Gasteiger partial charge in [0.05, 0.1) is 35.7 Å². The molecule has 166 valence electrons. The van der Waals surface area contributed by atoms with Gasteiger partial charge in [-0.1, -0.05) is 54.2 Å². The molecule has 0 aliphatic carbocycles. The van der Waals surface area contributed by atoms with Gasteiger partial charge in [0.25, 0.3) is 11.5 Å². The van der Waals surface area contributed by atoms with E-state index in [4.69, 9.17) is 4.74 Å². The lowest BCUT2D eigenvalue weighted by atomic mass is 10.2. The van der Waals surface area contributed by atoms with E-state index in [0.717, 1.165) is 16.8 Å². The van der Waals surface area contributed by atoms with Crippen molar-refractivity contribution in [3.8, 4) is 11.4 Å². The second-order valence-electron chi connectivity index (χ2n) is 7.20. The Bertz CT molecular complexity index is 1400. The minimum Gasteiger partial charge on any atom is -0.497 e. The van der Waals surface area contributed by atoms with Gasteiger partial charge in [0.15, 0.2) is 5.16 Å². The van der Waals surface area contributed by atoms with Gasteiger partial charge in [-0.25, -0.2) is 10.4 Å². The fourth-order valence-corrected chi connectivity index (χ4v) is 4.10. The van der Waals surface area contributed by atoms with E-state index in [0.29, 0.717) is 21.8 Å². The highest BCUT2D eigenvalue weighted by molar-refractivity contribution is 7.99. The Hall–Kier alpha value is -3.91. The molecule has 0 bridgehead atoms. The molecule has 3 aromatic carbocycles. The molecule has 4 aromatic rings. The molecule has 4 rings (SSSR count). The molecule has 8 heteroatoms. The third-order valence-electron chi connectivity index (χ3n) is 4.93. The number of thioether (sulfide) groups is 1. The molecule has 0 aliphatic heterocycles. The van der Waals surface area contributed by atoms with Gasteiger partial charge in [-0.05, 0) is 48.4 Å². The van der Waals surface area contributed by atoms with E-state index in [2.05, 4.69) is 15.5 Å². The quantitative estimate of drug-likeness (QED) is 0.196. The fraction of sp³-hybridized carbons (Fsp3) is 0.120. The Kier molecular flexibility index (Phi) is 6.85. The van der Waals surface area contributed by atoms with Crippen LogP contribution < -0.4 is 15.7 Å². The lowest BCUT2D eigenvalue weighted by Crippen LogP contribution is -2.24. The summed E-state index contributed by atoms with van der Waals surface area (Å²) in [7, 11) is 1.59. The summed E-state index contributed by atoms with van der Waals surface area (Å²) in [5, 5.41) is 4.98.